The molecule has 1 aliphatic heterocycles. The Kier molecular flexibility index (Phi) is 4.47. The predicted molar refractivity (Wildman–Crippen MR) is 118 cm³/mol. The molecule has 0 saturated carbocycles. The first kappa shape index (κ1) is 18.4. The van der Waals surface area contributed by atoms with Crippen LogP contribution in [-0.4, -0.2) is 38.4 Å². The van der Waals surface area contributed by atoms with Gasteiger partial charge in [0.1, 0.15) is 5.82 Å². The Hall–Kier alpha value is -3.67. The second-order valence-electron chi connectivity index (χ2n) is 7.64. The number of aromatic amines is 1. The molecule has 1 amide bonds. The van der Waals surface area contributed by atoms with Crippen LogP contribution in [0.15, 0.2) is 65.6 Å². The molecule has 0 aliphatic carbocycles. The molecule has 1 N–H and O–H groups in total. The summed E-state index contributed by atoms with van der Waals surface area (Å²) in [4.78, 5) is 34.4. The summed E-state index contributed by atoms with van der Waals surface area (Å²) in [5.74, 6) is 0.790. The van der Waals surface area contributed by atoms with Crippen molar-refractivity contribution in [1.29, 1.82) is 0 Å². The highest BCUT2D eigenvalue weighted by molar-refractivity contribution is 5.89. The molecule has 30 heavy (non-hydrogen) atoms. The Bertz CT molecular complexity index is 1360. The minimum Gasteiger partial charge on any atom is -0.361 e. The van der Waals surface area contributed by atoms with Crippen molar-refractivity contribution in [2.75, 3.05) is 13.1 Å². The smallest absolute Gasteiger partial charge is 0.280 e. The number of aromatic nitrogens is 3. The third-order valence-corrected chi connectivity index (χ3v) is 5.80. The number of para-hydroxylation sites is 2. The van der Waals surface area contributed by atoms with Crippen molar-refractivity contribution < 1.29 is 4.79 Å². The monoisotopic (exact) mass is 398 g/mol. The van der Waals surface area contributed by atoms with Crippen LogP contribution in [0.25, 0.3) is 27.5 Å². The first-order valence-electron chi connectivity index (χ1n) is 10.1. The van der Waals surface area contributed by atoms with Crippen molar-refractivity contribution in [3.63, 3.8) is 0 Å². The van der Waals surface area contributed by atoms with Crippen LogP contribution in [0.3, 0.4) is 0 Å². The van der Waals surface area contributed by atoms with E-state index in [0.29, 0.717) is 30.7 Å². The van der Waals surface area contributed by atoms with E-state index in [-0.39, 0.29) is 11.5 Å². The fraction of sp³-hybridized carbons (Fsp3) is 0.208. The lowest BCUT2D eigenvalue weighted by Gasteiger charge is -2.28. The zero-order valence-corrected chi connectivity index (χ0v) is 16.8. The molecule has 5 rings (SSSR count). The first-order chi connectivity index (χ1) is 14.6. The number of hydrogen-bond donors (Lipinski definition) is 1. The third kappa shape index (κ3) is 3.10. The largest absolute Gasteiger partial charge is 0.361 e. The van der Waals surface area contributed by atoms with Crippen molar-refractivity contribution in [3.8, 4) is 0 Å². The van der Waals surface area contributed by atoms with Gasteiger partial charge in [-0.3, -0.25) is 9.59 Å². The molecule has 2 aromatic heterocycles. The van der Waals surface area contributed by atoms with Crippen molar-refractivity contribution in [3.05, 3.63) is 82.5 Å². The van der Waals surface area contributed by atoms with Crippen LogP contribution < -0.4 is 5.56 Å². The van der Waals surface area contributed by atoms with Gasteiger partial charge in [0.05, 0.1) is 17.3 Å². The lowest BCUT2D eigenvalue weighted by Crippen LogP contribution is -2.36. The second-order valence-corrected chi connectivity index (χ2v) is 7.64. The maximum atomic E-state index is 12.9. The number of hydrogen-bond acceptors (Lipinski definition) is 3. The summed E-state index contributed by atoms with van der Waals surface area (Å²) < 4.78 is 2.04. The molecule has 150 valence electrons. The molecule has 0 fully saturated rings. The van der Waals surface area contributed by atoms with Gasteiger partial charge >= 0.3 is 0 Å². The van der Waals surface area contributed by atoms with Crippen LogP contribution in [0.1, 0.15) is 17.8 Å². The Balaban J connectivity index is 1.39. The van der Waals surface area contributed by atoms with E-state index < -0.39 is 0 Å². The zero-order chi connectivity index (χ0) is 20.7. The van der Waals surface area contributed by atoms with E-state index in [1.54, 1.807) is 6.07 Å². The standard InChI is InChI=1S/C24H22N4O2/c1-16-26-24(30)20-7-3-5-9-22(20)28(16)18-10-12-27(13-11-18)23(29)14-17-15-25-21-8-4-2-6-19(17)21/h2-10,15,25H,11-14H2,1H3. The van der Waals surface area contributed by atoms with Crippen LogP contribution in [0.5, 0.6) is 0 Å². The Morgan fingerprint density at radius 1 is 1.10 bits per heavy atom. The van der Waals surface area contributed by atoms with Crippen LogP contribution in [0.4, 0.5) is 0 Å². The van der Waals surface area contributed by atoms with Gasteiger partial charge in [0, 0.05) is 42.3 Å². The fourth-order valence-corrected chi connectivity index (χ4v) is 4.28. The summed E-state index contributed by atoms with van der Waals surface area (Å²) in [6.07, 6.45) is 5.10. The van der Waals surface area contributed by atoms with E-state index in [1.165, 1.54) is 0 Å². The van der Waals surface area contributed by atoms with E-state index in [0.717, 1.165) is 34.1 Å². The molecule has 3 heterocycles. The van der Waals surface area contributed by atoms with Crippen LogP contribution in [-0.2, 0) is 11.2 Å². The van der Waals surface area contributed by atoms with Crippen molar-refractivity contribution >= 4 is 33.4 Å². The summed E-state index contributed by atoms with van der Waals surface area (Å²) in [5.41, 5.74) is 3.81. The van der Waals surface area contributed by atoms with Crippen molar-refractivity contribution in [1.82, 2.24) is 19.4 Å². The molecule has 2 aromatic carbocycles. The quantitative estimate of drug-likeness (QED) is 0.574. The topological polar surface area (TPSA) is 71.0 Å². The van der Waals surface area contributed by atoms with E-state index in [1.807, 2.05) is 65.1 Å². The molecule has 0 unspecified atom stereocenters. The highest BCUT2D eigenvalue weighted by atomic mass is 16.2. The molecule has 0 saturated heterocycles. The number of amides is 1. The van der Waals surface area contributed by atoms with Gasteiger partial charge in [0.15, 0.2) is 0 Å². The summed E-state index contributed by atoms with van der Waals surface area (Å²) >= 11 is 0. The SMILES string of the molecule is Cc1nc(=O)c2ccccc2n1C1=CCN(C(=O)Cc2c[nH]c3ccccc23)CC1. The Morgan fingerprint density at radius 2 is 1.87 bits per heavy atom. The van der Waals surface area contributed by atoms with Crippen molar-refractivity contribution in [2.24, 2.45) is 0 Å². The average Bonchev–Trinajstić information content (AvgIpc) is 3.17. The number of H-pyrrole nitrogens is 1. The molecular formula is C24H22N4O2. The molecule has 0 atom stereocenters. The predicted octanol–water partition coefficient (Wildman–Crippen LogP) is 3.50. The van der Waals surface area contributed by atoms with Crippen LogP contribution in [0, 0.1) is 6.92 Å². The molecular weight excluding hydrogens is 376 g/mol. The van der Waals surface area contributed by atoms with Gasteiger partial charge in [-0.05, 0) is 36.8 Å². The number of benzene rings is 2. The molecule has 6 heteroatoms. The van der Waals surface area contributed by atoms with E-state index in [4.69, 9.17) is 0 Å². The van der Waals surface area contributed by atoms with Crippen molar-refractivity contribution in [2.45, 2.75) is 19.8 Å². The van der Waals surface area contributed by atoms with Gasteiger partial charge < -0.3 is 14.5 Å². The Morgan fingerprint density at radius 3 is 2.67 bits per heavy atom. The normalized spacial score (nSPS) is 14.3. The van der Waals surface area contributed by atoms with Crippen LogP contribution >= 0.6 is 0 Å². The lowest BCUT2D eigenvalue weighted by molar-refractivity contribution is -0.130. The third-order valence-electron chi connectivity index (χ3n) is 5.80. The first-order valence-corrected chi connectivity index (χ1v) is 10.1. The molecule has 0 spiro atoms. The number of carbonyl (C=O) groups is 1. The zero-order valence-electron chi connectivity index (χ0n) is 16.8. The fourth-order valence-electron chi connectivity index (χ4n) is 4.28. The van der Waals surface area contributed by atoms with Crippen LogP contribution in [0.2, 0.25) is 0 Å². The highest BCUT2D eigenvalue weighted by Gasteiger charge is 2.21. The van der Waals surface area contributed by atoms with Gasteiger partial charge in [0.2, 0.25) is 5.91 Å². The number of rotatable bonds is 3. The maximum Gasteiger partial charge on any atom is 0.280 e. The number of carbonyl (C=O) groups excluding carboxylic acids is 1. The molecule has 0 radical (unpaired) electrons. The Labute approximate surface area is 173 Å². The molecule has 0 bridgehead atoms. The minimum atomic E-state index is -0.203. The molecule has 6 nitrogen and oxygen atoms in total. The van der Waals surface area contributed by atoms with E-state index >= 15 is 0 Å². The van der Waals surface area contributed by atoms with E-state index in [9.17, 15) is 9.59 Å². The summed E-state index contributed by atoms with van der Waals surface area (Å²) in [6, 6.07) is 15.6. The highest BCUT2D eigenvalue weighted by Crippen LogP contribution is 2.24. The van der Waals surface area contributed by atoms with Gasteiger partial charge in [0.25, 0.3) is 5.56 Å². The number of aryl methyl sites for hydroxylation is 1. The summed E-state index contributed by atoms with van der Waals surface area (Å²) in [5, 5.41) is 1.71. The average molecular weight is 398 g/mol. The number of nitrogens with one attached hydrogen (secondary N) is 1. The molecule has 1 aliphatic rings. The van der Waals surface area contributed by atoms with Gasteiger partial charge in [-0.25, -0.2) is 0 Å². The molecule has 4 aromatic rings. The lowest BCUT2D eigenvalue weighted by atomic mass is 10.1. The number of fused-ring (bicyclic) bond motifs is 2. The summed E-state index contributed by atoms with van der Waals surface area (Å²) in [7, 11) is 0. The maximum absolute atomic E-state index is 12.9. The van der Waals surface area contributed by atoms with Gasteiger partial charge in [-0.15, -0.1) is 0 Å². The second kappa shape index (κ2) is 7.30. The minimum absolute atomic E-state index is 0.120. The van der Waals surface area contributed by atoms with Gasteiger partial charge in [-0.1, -0.05) is 30.3 Å². The summed E-state index contributed by atoms with van der Waals surface area (Å²) in [6.45, 7) is 3.05. The van der Waals surface area contributed by atoms with Gasteiger partial charge in [-0.2, -0.15) is 4.98 Å². The van der Waals surface area contributed by atoms with E-state index in [2.05, 4.69) is 16.0 Å². The number of nitrogens with zero attached hydrogens (tertiary/aromatic N) is 3.